The fourth-order valence-corrected chi connectivity index (χ4v) is 2.91. The van der Waals surface area contributed by atoms with Crippen molar-refractivity contribution in [3.63, 3.8) is 0 Å². The molecule has 7 heteroatoms. The molecular formula is C17H25Cl2N3O2. The van der Waals surface area contributed by atoms with Crippen molar-refractivity contribution in [3.8, 4) is 0 Å². The Morgan fingerprint density at radius 2 is 1.71 bits per heavy atom. The van der Waals surface area contributed by atoms with Gasteiger partial charge in [0.15, 0.2) is 0 Å². The number of carbonyl (C=O) groups is 2. The summed E-state index contributed by atoms with van der Waals surface area (Å²) < 4.78 is 0. The summed E-state index contributed by atoms with van der Waals surface area (Å²) in [7, 11) is 0. The lowest BCUT2D eigenvalue weighted by atomic mass is 10.1. The maximum absolute atomic E-state index is 12.5. The van der Waals surface area contributed by atoms with Crippen molar-refractivity contribution in [2.24, 2.45) is 5.73 Å². The monoisotopic (exact) mass is 373 g/mol. The second-order valence-corrected chi connectivity index (χ2v) is 6.31. The van der Waals surface area contributed by atoms with Gasteiger partial charge >= 0.3 is 0 Å². The first kappa shape index (κ1) is 20.7. The molecule has 134 valence electrons. The molecule has 1 unspecified atom stereocenters. The van der Waals surface area contributed by atoms with Gasteiger partial charge in [-0.1, -0.05) is 24.9 Å². The molecule has 2 rings (SSSR count). The lowest BCUT2D eigenvalue weighted by Gasteiger charge is -2.24. The Hall–Kier alpha value is -1.30. The lowest BCUT2D eigenvalue weighted by Crippen LogP contribution is -2.45. The number of amides is 2. The van der Waals surface area contributed by atoms with Crippen LogP contribution in [0.5, 0.6) is 0 Å². The summed E-state index contributed by atoms with van der Waals surface area (Å²) in [6, 6.07) is 6.46. The molecule has 1 aliphatic heterocycles. The predicted molar refractivity (Wildman–Crippen MR) is 98.7 cm³/mol. The van der Waals surface area contributed by atoms with Crippen LogP contribution in [0.2, 0.25) is 5.02 Å². The second-order valence-electron chi connectivity index (χ2n) is 5.87. The number of benzene rings is 1. The number of carbonyl (C=O) groups excluding carboxylic acids is 2. The minimum Gasteiger partial charge on any atom is -0.340 e. The molecule has 0 bridgehead atoms. The highest BCUT2D eigenvalue weighted by Crippen LogP contribution is 2.14. The first-order valence-electron chi connectivity index (χ1n) is 8.12. The molecule has 24 heavy (non-hydrogen) atoms. The van der Waals surface area contributed by atoms with E-state index in [2.05, 4.69) is 0 Å². The third-order valence-electron chi connectivity index (χ3n) is 4.10. The molecule has 0 radical (unpaired) electrons. The second kappa shape index (κ2) is 9.87. The number of rotatable bonds is 4. The standard InChI is InChI=1S/C17H24ClN3O2.ClH/c1-2-4-15(19)17(23)21-10-3-9-20(11-12-21)16(22)13-5-7-14(18)8-6-13;/h5-8,15H,2-4,9-12,19H2,1H3;1H. The summed E-state index contributed by atoms with van der Waals surface area (Å²) in [5.41, 5.74) is 6.55. The fraction of sp³-hybridized carbons (Fsp3) is 0.529. The zero-order valence-corrected chi connectivity index (χ0v) is 15.5. The van der Waals surface area contributed by atoms with Crippen LogP contribution < -0.4 is 5.73 Å². The molecule has 1 fully saturated rings. The Bertz CT molecular complexity index is 551. The van der Waals surface area contributed by atoms with Gasteiger partial charge in [0.2, 0.25) is 5.91 Å². The van der Waals surface area contributed by atoms with Crippen LogP contribution in [0.25, 0.3) is 0 Å². The summed E-state index contributed by atoms with van der Waals surface area (Å²) in [5, 5.41) is 0.610. The van der Waals surface area contributed by atoms with Gasteiger partial charge in [0.25, 0.3) is 5.91 Å². The van der Waals surface area contributed by atoms with Crippen molar-refractivity contribution in [2.75, 3.05) is 26.2 Å². The van der Waals surface area contributed by atoms with Gasteiger partial charge in [-0.25, -0.2) is 0 Å². The van der Waals surface area contributed by atoms with Gasteiger partial charge in [-0.2, -0.15) is 0 Å². The van der Waals surface area contributed by atoms with Gasteiger partial charge < -0.3 is 15.5 Å². The van der Waals surface area contributed by atoms with Crippen molar-refractivity contribution in [3.05, 3.63) is 34.9 Å². The van der Waals surface area contributed by atoms with E-state index >= 15 is 0 Å². The highest BCUT2D eigenvalue weighted by molar-refractivity contribution is 6.30. The van der Waals surface area contributed by atoms with Crippen LogP contribution >= 0.6 is 24.0 Å². The maximum Gasteiger partial charge on any atom is 0.253 e. The highest BCUT2D eigenvalue weighted by atomic mass is 35.5. The topological polar surface area (TPSA) is 66.6 Å². The van der Waals surface area contributed by atoms with E-state index in [4.69, 9.17) is 17.3 Å². The molecule has 0 aliphatic carbocycles. The lowest BCUT2D eigenvalue weighted by molar-refractivity contribution is -0.132. The molecule has 1 atom stereocenters. The summed E-state index contributed by atoms with van der Waals surface area (Å²) in [5.74, 6) is -0.0264. The van der Waals surface area contributed by atoms with Gasteiger partial charge in [-0.15, -0.1) is 12.4 Å². The van der Waals surface area contributed by atoms with Crippen LogP contribution in [-0.4, -0.2) is 53.8 Å². The maximum atomic E-state index is 12.5. The summed E-state index contributed by atoms with van der Waals surface area (Å²) >= 11 is 5.86. The van der Waals surface area contributed by atoms with Crippen LogP contribution in [0.15, 0.2) is 24.3 Å². The number of hydrogen-bond donors (Lipinski definition) is 1. The van der Waals surface area contributed by atoms with Crippen molar-refractivity contribution in [1.29, 1.82) is 0 Å². The van der Waals surface area contributed by atoms with Gasteiger partial charge in [0.05, 0.1) is 6.04 Å². The van der Waals surface area contributed by atoms with E-state index in [0.29, 0.717) is 43.2 Å². The Morgan fingerprint density at radius 3 is 2.33 bits per heavy atom. The molecule has 1 aromatic rings. The first-order chi connectivity index (χ1) is 11.0. The Morgan fingerprint density at radius 1 is 1.12 bits per heavy atom. The summed E-state index contributed by atoms with van der Waals surface area (Å²) in [4.78, 5) is 28.4. The first-order valence-corrected chi connectivity index (χ1v) is 8.50. The molecule has 5 nitrogen and oxygen atoms in total. The van der Waals surface area contributed by atoms with Gasteiger partial charge in [0.1, 0.15) is 0 Å². The van der Waals surface area contributed by atoms with E-state index in [-0.39, 0.29) is 24.2 Å². The van der Waals surface area contributed by atoms with Crippen LogP contribution in [0, 0.1) is 0 Å². The van der Waals surface area contributed by atoms with Gasteiger partial charge in [0, 0.05) is 36.8 Å². The van der Waals surface area contributed by atoms with E-state index in [1.54, 1.807) is 34.1 Å². The Kier molecular flexibility index (Phi) is 8.53. The third-order valence-corrected chi connectivity index (χ3v) is 4.35. The van der Waals surface area contributed by atoms with Crippen molar-refractivity contribution >= 4 is 35.8 Å². The van der Waals surface area contributed by atoms with Crippen molar-refractivity contribution in [2.45, 2.75) is 32.2 Å². The molecule has 2 N–H and O–H groups in total. The van der Waals surface area contributed by atoms with E-state index < -0.39 is 6.04 Å². The Labute approximate surface area is 154 Å². The third kappa shape index (κ3) is 5.36. The predicted octanol–water partition coefficient (Wildman–Crippen LogP) is 2.56. The molecule has 2 amide bonds. The molecule has 1 aliphatic rings. The molecule has 0 aromatic heterocycles. The zero-order chi connectivity index (χ0) is 16.8. The van der Waals surface area contributed by atoms with E-state index in [9.17, 15) is 9.59 Å². The molecule has 1 saturated heterocycles. The molecule has 0 saturated carbocycles. The Balaban J connectivity index is 0.00000288. The fourth-order valence-electron chi connectivity index (χ4n) is 2.78. The number of nitrogens with two attached hydrogens (primary N) is 1. The number of halogens is 2. The SMILES string of the molecule is CCCC(N)C(=O)N1CCCN(C(=O)c2ccc(Cl)cc2)CC1.Cl. The van der Waals surface area contributed by atoms with Crippen LogP contribution in [-0.2, 0) is 4.79 Å². The molecule has 0 spiro atoms. The number of hydrogen-bond acceptors (Lipinski definition) is 3. The van der Waals surface area contributed by atoms with E-state index in [1.807, 2.05) is 6.92 Å². The van der Waals surface area contributed by atoms with Crippen LogP contribution in [0.4, 0.5) is 0 Å². The minimum absolute atomic E-state index is 0. The van der Waals surface area contributed by atoms with Gasteiger partial charge in [-0.3, -0.25) is 9.59 Å². The van der Waals surface area contributed by atoms with Crippen LogP contribution in [0.1, 0.15) is 36.5 Å². The average molecular weight is 374 g/mol. The van der Waals surface area contributed by atoms with E-state index in [1.165, 1.54) is 0 Å². The smallest absolute Gasteiger partial charge is 0.253 e. The quantitative estimate of drug-likeness (QED) is 0.881. The van der Waals surface area contributed by atoms with E-state index in [0.717, 1.165) is 12.8 Å². The largest absolute Gasteiger partial charge is 0.340 e. The zero-order valence-electron chi connectivity index (χ0n) is 13.9. The minimum atomic E-state index is -0.432. The molecule has 1 aromatic carbocycles. The normalized spacial score (nSPS) is 16.1. The average Bonchev–Trinajstić information content (AvgIpc) is 2.80. The van der Waals surface area contributed by atoms with Crippen LogP contribution in [0.3, 0.4) is 0 Å². The summed E-state index contributed by atoms with van der Waals surface area (Å²) in [6.07, 6.45) is 2.36. The summed E-state index contributed by atoms with van der Waals surface area (Å²) in [6.45, 7) is 4.39. The molecule has 1 heterocycles. The highest BCUT2D eigenvalue weighted by Gasteiger charge is 2.25. The number of nitrogens with zero attached hydrogens (tertiary/aromatic N) is 2. The van der Waals surface area contributed by atoms with Gasteiger partial charge in [-0.05, 0) is 37.1 Å². The molecular weight excluding hydrogens is 349 g/mol. The van der Waals surface area contributed by atoms with Crippen molar-refractivity contribution in [1.82, 2.24) is 9.80 Å². The van der Waals surface area contributed by atoms with Crippen molar-refractivity contribution < 1.29 is 9.59 Å².